The van der Waals surface area contributed by atoms with Gasteiger partial charge in [-0.3, -0.25) is 14.8 Å². The highest BCUT2D eigenvalue weighted by atomic mass is 28.3. The second kappa shape index (κ2) is 11.2. The largest absolute Gasteiger partial charge is 0.508 e. The molecule has 184 valence electrons. The van der Waals surface area contributed by atoms with Crippen LogP contribution in [-0.4, -0.2) is 41.4 Å². The van der Waals surface area contributed by atoms with E-state index < -0.39 is 38.0 Å². The van der Waals surface area contributed by atoms with Crippen LogP contribution in [0.1, 0.15) is 35.6 Å². The number of carbonyl (C=O) groups is 2. The van der Waals surface area contributed by atoms with Gasteiger partial charge >= 0.3 is 0 Å². The first kappa shape index (κ1) is 25.9. The minimum absolute atomic E-state index is 0.0821. The Hall–Kier alpha value is -2.68. The van der Waals surface area contributed by atoms with E-state index in [-0.39, 0.29) is 18.1 Å². The van der Waals surface area contributed by atoms with Crippen LogP contribution in [0.3, 0.4) is 0 Å². The minimum Gasteiger partial charge on any atom is -0.508 e. The summed E-state index contributed by atoms with van der Waals surface area (Å²) in [6.45, 7) is 6.76. The number of hydrogen-bond donors (Lipinski definition) is 5. The molecule has 34 heavy (non-hydrogen) atoms. The number of hydroxylamine groups is 1. The molecule has 5 N–H and O–H groups in total. The second-order valence-corrected chi connectivity index (χ2v) is 16.1. The lowest BCUT2D eigenvalue weighted by atomic mass is 9.82. The highest BCUT2D eigenvalue weighted by Crippen LogP contribution is 2.33. The molecule has 2 aromatic rings. The van der Waals surface area contributed by atoms with Crippen molar-refractivity contribution in [1.29, 1.82) is 0 Å². The van der Waals surface area contributed by atoms with Crippen LogP contribution in [0.4, 0.5) is 0 Å². The van der Waals surface area contributed by atoms with Gasteiger partial charge in [0.25, 0.3) is 0 Å². The van der Waals surface area contributed by atoms with E-state index in [2.05, 4.69) is 25.0 Å². The smallest absolute Gasteiger partial charge is 0.247 e. The summed E-state index contributed by atoms with van der Waals surface area (Å²) < 4.78 is 0. The fourth-order valence-corrected chi connectivity index (χ4v) is 6.08. The maximum absolute atomic E-state index is 13.6. The number of nitrogens with one attached hydrogen (secondary N) is 2. The second-order valence-electron chi connectivity index (χ2n) is 10.5. The lowest BCUT2D eigenvalue weighted by Crippen LogP contribution is -2.45. The quantitative estimate of drug-likeness (QED) is 0.201. The van der Waals surface area contributed by atoms with Gasteiger partial charge in [-0.05, 0) is 41.7 Å². The Morgan fingerprint density at radius 1 is 1.06 bits per heavy atom. The van der Waals surface area contributed by atoms with Crippen molar-refractivity contribution in [3.63, 3.8) is 0 Å². The topological polar surface area (TPSA) is 119 Å². The van der Waals surface area contributed by atoms with Crippen molar-refractivity contribution in [1.82, 2.24) is 10.8 Å². The molecule has 0 radical (unpaired) electrons. The van der Waals surface area contributed by atoms with E-state index in [1.54, 1.807) is 29.7 Å². The molecule has 2 aromatic carbocycles. The number of aliphatic hydroxyl groups is 1. The maximum atomic E-state index is 13.6. The zero-order valence-electron chi connectivity index (χ0n) is 20.1. The molecule has 1 aliphatic rings. The van der Waals surface area contributed by atoms with Gasteiger partial charge in [0, 0.05) is 14.5 Å². The Kier molecular flexibility index (Phi) is 8.51. The van der Waals surface area contributed by atoms with E-state index in [1.165, 1.54) is 0 Å². The third-order valence-corrected chi connectivity index (χ3v) is 8.43. The molecule has 4 unspecified atom stereocenters. The van der Waals surface area contributed by atoms with Crippen LogP contribution >= 0.6 is 0 Å². The molecule has 3 rings (SSSR count). The Morgan fingerprint density at radius 3 is 2.47 bits per heavy atom. The lowest BCUT2D eigenvalue weighted by Gasteiger charge is -2.28. The van der Waals surface area contributed by atoms with Gasteiger partial charge in [-0.2, -0.15) is 0 Å². The van der Waals surface area contributed by atoms with Crippen molar-refractivity contribution < 1.29 is 25.0 Å². The normalized spacial score (nSPS) is 19.2. The molecule has 1 aliphatic carbocycles. The Morgan fingerprint density at radius 2 is 1.79 bits per heavy atom. The summed E-state index contributed by atoms with van der Waals surface area (Å²) in [5.41, 5.74) is 4.34. The van der Waals surface area contributed by atoms with Gasteiger partial charge in [-0.15, -0.1) is 0 Å². The standard InChI is InChI=1S/C26H36N2O5Si/c1-34(2,3)13-7-12-21(26(32)28-33)22(15-17-8-6-10-19(29)14-17)25(31)27-24-20-11-5-4-9-18(20)16-23(24)30/h4-6,8-11,14,21-24,29-30,33H,7,12-13,15-16H2,1-3H3,(H,27,31)(H,28,32). The van der Waals surface area contributed by atoms with Crippen LogP contribution in [0.25, 0.3) is 0 Å². The van der Waals surface area contributed by atoms with Crippen molar-refractivity contribution in [2.45, 2.75) is 63.5 Å². The summed E-state index contributed by atoms with van der Waals surface area (Å²) in [4.78, 5) is 26.4. The molecule has 0 fully saturated rings. The van der Waals surface area contributed by atoms with Gasteiger partial charge in [0.05, 0.1) is 24.0 Å². The summed E-state index contributed by atoms with van der Waals surface area (Å²) in [5.74, 6) is -2.40. The van der Waals surface area contributed by atoms with Gasteiger partial charge in [0.15, 0.2) is 0 Å². The molecule has 0 spiro atoms. The number of carbonyl (C=O) groups excluding carboxylic acids is 2. The van der Waals surface area contributed by atoms with E-state index in [1.807, 2.05) is 24.3 Å². The fraction of sp³-hybridized carbons (Fsp3) is 0.462. The number of benzene rings is 2. The van der Waals surface area contributed by atoms with Crippen LogP contribution in [0, 0.1) is 11.8 Å². The molecule has 2 amide bonds. The third-order valence-electron chi connectivity index (χ3n) is 6.58. The number of rotatable bonds is 10. The van der Waals surface area contributed by atoms with E-state index in [9.17, 15) is 25.0 Å². The average Bonchev–Trinajstić information content (AvgIpc) is 3.09. The van der Waals surface area contributed by atoms with Crippen molar-refractivity contribution in [3.8, 4) is 5.75 Å². The van der Waals surface area contributed by atoms with Crippen molar-refractivity contribution >= 4 is 19.9 Å². The molecule has 0 bridgehead atoms. The van der Waals surface area contributed by atoms with Gasteiger partial charge in [0.2, 0.25) is 11.8 Å². The monoisotopic (exact) mass is 484 g/mol. The Labute approximate surface area is 202 Å². The first-order valence-corrected chi connectivity index (χ1v) is 15.6. The van der Waals surface area contributed by atoms with Crippen LogP contribution in [0.2, 0.25) is 25.7 Å². The highest BCUT2D eigenvalue weighted by molar-refractivity contribution is 6.76. The van der Waals surface area contributed by atoms with Crippen molar-refractivity contribution in [2.75, 3.05) is 0 Å². The van der Waals surface area contributed by atoms with E-state index >= 15 is 0 Å². The molecule has 0 aromatic heterocycles. The van der Waals surface area contributed by atoms with Crippen LogP contribution in [-0.2, 0) is 22.4 Å². The number of hydrogen-bond acceptors (Lipinski definition) is 5. The van der Waals surface area contributed by atoms with Gasteiger partial charge in [0.1, 0.15) is 5.75 Å². The molecular formula is C26H36N2O5Si. The van der Waals surface area contributed by atoms with Crippen LogP contribution < -0.4 is 10.8 Å². The van der Waals surface area contributed by atoms with Crippen LogP contribution in [0.5, 0.6) is 5.75 Å². The number of fused-ring (bicyclic) bond motifs is 1. The van der Waals surface area contributed by atoms with Gasteiger partial charge < -0.3 is 15.5 Å². The molecular weight excluding hydrogens is 448 g/mol. The molecule has 4 atom stereocenters. The molecule has 7 nitrogen and oxygen atoms in total. The molecule has 8 heteroatoms. The highest BCUT2D eigenvalue weighted by Gasteiger charge is 2.38. The molecule has 0 saturated carbocycles. The fourth-order valence-electron chi connectivity index (χ4n) is 4.81. The van der Waals surface area contributed by atoms with Crippen molar-refractivity contribution in [2.24, 2.45) is 11.8 Å². The first-order valence-electron chi connectivity index (χ1n) is 11.9. The first-order chi connectivity index (χ1) is 16.1. The van der Waals surface area contributed by atoms with Gasteiger partial charge in [-0.1, -0.05) is 68.5 Å². The number of phenols is 1. The van der Waals surface area contributed by atoms with Crippen molar-refractivity contribution in [3.05, 3.63) is 65.2 Å². The van der Waals surface area contributed by atoms with Gasteiger partial charge in [-0.25, -0.2) is 5.48 Å². The van der Waals surface area contributed by atoms with E-state index in [0.29, 0.717) is 18.4 Å². The summed E-state index contributed by atoms with van der Waals surface area (Å²) in [5, 5.41) is 33.0. The minimum atomic E-state index is -1.35. The Bertz CT molecular complexity index is 1010. The maximum Gasteiger partial charge on any atom is 0.247 e. The Balaban J connectivity index is 1.88. The van der Waals surface area contributed by atoms with E-state index in [0.717, 1.165) is 23.6 Å². The SMILES string of the molecule is C[Si](C)(C)CCCC(C(=O)NO)C(Cc1cccc(O)c1)C(=O)NC1c2ccccc2CC1O. The van der Waals surface area contributed by atoms with E-state index in [4.69, 9.17) is 0 Å². The predicted octanol–water partition coefficient (Wildman–Crippen LogP) is 3.57. The number of aromatic hydroxyl groups is 1. The zero-order valence-corrected chi connectivity index (χ0v) is 21.1. The summed E-state index contributed by atoms with van der Waals surface area (Å²) in [7, 11) is -1.35. The number of amides is 2. The number of phenolic OH excluding ortho intramolecular Hbond substituents is 1. The summed E-state index contributed by atoms with van der Waals surface area (Å²) in [6.07, 6.45) is 1.15. The molecule has 0 aliphatic heterocycles. The average molecular weight is 485 g/mol. The van der Waals surface area contributed by atoms with Crippen LogP contribution in [0.15, 0.2) is 48.5 Å². The summed E-state index contributed by atoms with van der Waals surface area (Å²) >= 11 is 0. The molecule has 0 heterocycles. The zero-order chi connectivity index (χ0) is 24.9. The summed E-state index contributed by atoms with van der Waals surface area (Å²) in [6, 6.07) is 14.7. The molecule has 0 saturated heterocycles. The predicted molar refractivity (Wildman–Crippen MR) is 133 cm³/mol. The number of aliphatic hydroxyl groups excluding tert-OH is 1. The third kappa shape index (κ3) is 6.68. The lowest BCUT2D eigenvalue weighted by molar-refractivity contribution is -0.141.